The molecular formula is C14H17NO3S. The van der Waals surface area contributed by atoms with Crippen LogP contribution in [0.5, 0.6) is 0 Å². The highest BCUT2D eigenvalue weighted by atomic mass is 32.2. The predicted octanol–water partition coefficient (Wildman–Crippen LogP) is 3.09. The van der Waals surface area contributed by atoms with Crippen molar-refractivity contribution in [1.29, 1.82) is 0 Å². The van der Waals surface area contributed by atoms with Crippen LogP contribution >= 0.6 is 11.8 Å². The Bertz CT molecular complexity index is 513. The van der Waals surface area contributed by atoms with Gasteiger partial charge in [0.05, 0.1) is 10.9 Å². The second-order valence-electron chi connectivity index (χ2n) is 4.94. The number of aliphatic carboxylic acids is 1. The van der Waals surface area contributed by atoms with Crippen molar-refractivity contribution in [1.82, 2.24) is 0 Å². The van der Waals surface area contributed by atoms with Gasteiger partial charge < -0.3 is 10.4 Å². The molecule has 0 spiro atoms. The molecule has 0 radical (unpaired) electrons. The number of nitrogens with one attached hydrogen (secondary N) is 1. The van der Waals surface area contributed by atoms with Gasteiger partial charge in [-0.05, 0) is 30.0 Å². The molecule has 1 atom stereocenters. The molecule has 1 aromatic carbocycles. The highest BCUT2D eigenvalue weighted by Crippen LogP contribution is 2.38. The Hall–Kier alpha value is -1.49. The lowest BCUT2D eigenvalue weighted by Crippen LogP contribution is -2.29. The molecule has 0 saturated heterocycles. The van der Waals surface area contributed by atoms with Gasteiger partial charge in [0.2, 0.25) is 5.91 Å². The molecule has 1 aromatic rings. The van der Waals surface area contributed by atoms with Gasteiger partial charge in [-0.3, -0.25) is 9.59 Å². The number of carboxylic acids is 1. The fourth-order valence-corrected chi connectivity index (χ4v) is 3.12. The van der Waals surface area contributed by atoms with Crippen LogP contribution in [-0.4, -0.2) is 22.2 Å². The van der Waals surface area contributed by atoms with E-state index in [1.54, 1.807) is 0 Å². The van der Waals surface area contributed by atoms with Crippen LogP contribution in [0.25, 0.3) is 0 Å². The molecule has 1 heterocycles. The first-order chi connectivity index (χ1) is 8.97. The number of amides is 1. The first kappa shape index (κ1) is 13.9. The van der Waals surface area contributed by atoms with Crippen LogP contribution in [0, 0.1) is 0 Å². The van der Waals surface area contributed by atoms with Gasteiger partial charge in [0.15, 0.2) is 0 Å². The quantitative estimate of drug-likeness (QED) is 0.888. The van der Waals surface area contributed by atoms with Crippen LogP contribution in [0.4, 0.5) is 5.69 Å². The smallest absolute Gasteiger partial charge is 0.303 e. The van der Waals surface area contributed by atoms with Crippen LogP contribution in [0.2, 0.25) is 0 Å². The molecule has 0 bridgehead atoms. The van der Waals surface area contributed by atoms with Gasteiger partial charge in [-0.25, -0.2) is 0 Å². The van der Waals surface area contributed by atoms with Crippen molar-refractivity contribution in [3.63, 3.8) is 0 Å². The summed E-state index contributed by atoms with van der Waals surface area (Å²) in [6, 6.07) is 6.02. The standard InChI is InChI=1S/C14H17NO3S/c1-8(2)9-3-4-10-12(7-9)19-11(14(18)15-10)5-6-13(16)17/h3-4,7-8,11H,5-6H2,1-2H3,(H,15,18)(H,16,17). The molecule has 0 fully saturated rings. The van der Waals surface area contributed by atoms with E-state index in [4.69, 9.17) is 5.11 Å². The topological polar surface area (TPSA) is 66.4 Å². The minimum absolute atomic E-state index is 0.0181. The van der Waals surface area contributed by atoms with E-state index in [0.29, 0.717) is 12.3 Å². The molecule has 1 unspecified atom stereocenters. The maximum Gasteiger partial charge on any atom is 0.303 e. The Morgan fingerprint density at radius 3 is 2.84 bits per heavy atom. The van der Waals surface area contributed by atoms with Crippen molar-refractivity contribution in [2.24, 2.45) is 0 Å². The van der Waals surface area contributed by atoms with Crippen molar-refractivity contribution < 1.29 is 14.7 Å². The Morgan fingerprint density at radius 1 is 1.47 bits per heavy atom. The molecule has 0 aromatic heterocycles. The summed E-state index contributed by atoms with van der Waals surface area (Å²) in [5.74, 6) is -0.535. The van der Waals surface area contributed by atoms with E-state index < -0.39 is 5.97 Å². The van der Waals surface area contributed by atoms with E-state index in [1.807, 2.05) is 12.1 Å². The maximum atomic E-state index is 11.9. The summed E-state index contributed by atoms with van der Waals surface area (Å²) in [7, 11) is 0. The molecule has 0 saturated carbocycles. The third-order valence-electron chi connectivity index (χ3n) is 3.11. The number of rotatable bonds is 4. The number of carboxylic acid groups (broad SMARTS) is 1. The van der Waals surface area contributed by atoms with Crippen molar-refractivity contribution in [2.75, 3.05) is 5.32 Å². The fraction of sp³-hybridized carbons (Fsp3) is 0.429. The van der Waals surface area contributed by atoms with Crippen molar-refractivity contribution in [3.8, 4) is 0 Å². The number of hydrogen-bond acceptors (Lipinski definition) is 3. The highest BCUT2D eigenvalue weighted by molar-refractivity contribution is 8.01. The zero-order valence-corrected chi connectivity index (χ0v) is 11.8. The van der Waals surface area contributed by atoms with E-state index in [-0.39, 0.29) is 17.6 Å². The third kappa shape index (κ3) is 3.29. The predicted molar refractivity (Wildman–Crippen MR) is 75.7 cm³/mol. The van der Waals surface area contributed by atoms with Crippen LogP contribution in [0.1, 0.15) is 38.2 Å². The summed E-state index contributed by atoms with van der Waals surface area (Å²) in [4.78, 5) is 23.5. The molecule has 1 aliphatic rings. The number of thioether (sulfide) groups is 1. The van der Waals surface area contributed by atoms with Crippen molar-refractivity contribution >= 4 is 29.3 Å². The van der Waals surface area contributed by atoms with Gasteiger partial charge in [0.25, 0.3) is 0 Å². The molecule has 2 N–H and O–H groups in total. The molecule has 1 aliphatic heterocycles. The number of benzene rings is 1. The van der Waals surface area contributed by atoms with E-state index in [0.717, 1.165) is 10.6 Å². The summed E-state index contributed by atoms with van der Waals surface area (Å²) in [5.41, 5.74) is 2.05. The molecule has 0 aliphatic carbocycles. The lowest BCUT2D eigenvalue weighted by atomic mass is 10.0. The molecule has 4 nitrogen and oxygen atoms in total. The number of carbonyl (C=O) groups excluding carboxylic acids is 1. The second-order valence-corrected chi connectivity index (χ2v) is 6.18. The monoisotopic (exact) mass is 279 g/mol. The summed E-state index contributed by atoms with van der Waals surface area (Å²) in [6.45, 7) is 4.24. The molecular weight excluding hydrogens is 262 g/mol. The van der Waals surface area contributed by atoms with Crippen LogP contribution in [-0.2, 0) is 9.59 Å². The van der Waals surface area contributed by atoms with Gasteiger partial charge in [-0.2, -0.15) is 0 Å². The molecule has 1 amide bonds. The molecule has 102 valence electrons. The van der Waals surface area contributed by atoms with E-state index in [9.17, 15) is 9.59 Å². The van der Waals surface area contributed by atoms with Gasteiger partial charge >= 0.3 is 5.97 Å². The normalized spacial score (nSPS) is 18.1. The Kier molecular flexibility index (Phi) is 4.14. The zero-order valence-electron chi connectivity index (χ0n) is 11.0. The van der Waals surface area contributed by atoms with Gasteiger partial charge in [-0.1, -0.05) is 19.9 Å². The summed E-state index contributed by atoms with van der Waals surface area (Å²) < 4.78 is 0. The number of hydrogen-bond donors (Lipinski definition) is 2. The summed E-state index contributed by atoms with van der Waals surface area (Å²) >= 11 is 1.46. The maximum absolute atomic E-state index is 11.9. The lowest BCUT2D eigenvalue weighted by molar-refractivity contribution is -0.137. The average molecular weight is 279 g/mol. The number of carbonyl (C=O) groups is 2. The Balaban J connectivity index is 2.17. The first-order valence-electron chi connectivity index (χ1n) is 6.30. The minimum atomic E-state index is -0.866. The van der Waals surface area contributed by atoms with Crippen LogP contribution in [0.15, 0.2) is 23.1 Å². The van der Waals surface area contributed by atoms with Gasteiger partial charge in [0, 0.05) is 11.3 Å². The van der Waals surface area contributed by atoms with Crippen LogP contribution < -0.4 is 5.32 Å². The van der Waals surface area contributed by atoms with E-state index in [2.05, 4.69) is 25.2 Å². The number of fused-ring (bicyclic) bond motifs is 1. The summed E-state index contributed by atoms with van der Waals surface area (Å²) in [5, 5.41) is 11.2. The average Bonchev–Trinajstić information content (AvgIpc) is 2.35. The second kappa shape index (κ2) is 5.65. The third-order valence-corrected chi connectivity index (χ3v) is 4.44. The van der Waals surface area contributed by atoms with E-state index in [1.165, 1.54) is 17.3 Å². The minimum Gasteiger partial charge on any atom is -0.481 e. The van der Waals surface area contributed by atoms with Gasteiger partial charge in [-0.15, -0.1) is 11.8 Å². The van der Waals surface area contributed by atoms with Crippen molar-refractivity contribution in [2.45, 2.75) is 42.8 Å². The van der Waals surface area contributed by atoms with E-state index >= 15 is 0 Å². The zero-order chi connectivity index (χ0) is 14.0. The van der Waals surface area contributed by atoms with Crippen LogP contribution in [0.3, 0.4) is 0 Å². The Morgan fingerprint density at radius 2 is 2.21 bits per heavy atom. The molecule has 19 heavy (non-hydrogen) atoms. The first-order valence-corrected chi connectivity index (χ1v) is 7.18. The lowest BCUT2D eigenvalue weighted by Gasteiger charge is -2.24. The summed E-state index contributed by atoms with van der Waals surface area (Å²) in [6.07, 6.45) is 0.376. The van der Waals surface area contributed by atoms with Crippen molar-refractivity contribution in [3.05, 3.63) is 23.8 Å². The largest absolute Gasteiger partial charge is 0.481 e. The molecule has 2 rings (SSSR count). The Labute approximate surface area is 116 Å². The SMILES string of the molecule is CC(C)c1ccc2c(c1)SC(CCC(=O)O)C(=O)N2. The number of anilines is 1. The fourth-order valence-electron chi connectivity index (χ4n) is 1.96. The van der Waals surface area contributed by atoms with Gasteiger partial charge in [0.1, 0.15) is 0 Å². The highest BCUT2D eigenvalue weighted by Gasteiger charge is 2.27. The molecule has 5 heteroatoms.